The van der Waals surface area contributed by atoms with E-state index in [9.17, 15) is 23.4 Å². The van der Waals surface area contributed by atoms with Crippen LogP contribution < -0.4 is 5.32 Å². The van der Waals surface area contributed by atoms with E-state index in [-0.39, 0.29) is 30.3 Å². The maximum Gasteiger partial charge on any atom is 0.404 e. The number of aromatic amines is 1. The third kappa shape index (κ3) is 7.14. The van der Waals surface area contributed by atoms with Crippen LogP contribution in [0.15, 0.2) is 65.7 Å². The van der Waals surface area contributed by atoms with E-state index < -0.39 is 28.3 Å². The lowest BCUT2D eigenvalue weighted by atomic mass is 10.0. The second-order valence-corrected chi connectivity index (χ2v) is 10.9. The van der Waals surface area contributed by atoms with Crippen molar-refractivity contribution in [2.75, 3.05) is 13.1 Å². The molecule has 3 aromatic rings. The summed E-state index contributed by atoms with van der Waals surface area (Å²) < 4.78 is 28.3. The highest BCUT2D eigenvalue weighted by Crippen LogP contribution is 2.23. The summed E-state index contributed by atoms with van der Waals surface area (Å²) >= 11 is 0. The highest BCUT2D eigenvalue weighted by molar-refractivity contribution is 7.89. The minimum Gasteiger partial charge on any atom is -0.465 e. The van der Waals surface area contributed by atoms with E-state index in [1.165, 1.54) is 16.4 Å². The standard InChI is InChI=1S/C25H32N4O5S/c1-17(2)15-29(16-24(30)22(28-25(31)32)13-19-7-5-4-6-8-19)35(33,34)21-11-9-20(10-12-21)23-14-26-18(3)27-23/h4-12,14,17,22,24,28,30H,13,15-16H2,1-3H3,(H,26,27)(H,31,32)/t22-,24+/m0/s1. The monoisotopic (exact) mass is 500 g/mol. The fourth-order valence-electron chi connectivity index (χ4n) is 3.85. The zero-order chi connectivity index (χ0) is 25.6. The number of hydrogen-bond donors (Lipinski definition) is 4. The third-order valence-corrected chi connectivity index (χ3v) is 7.38. The van der Waals surface area contributed by atoms with Crippen molar-refractivity contribution in [3.8, 4) is 11.3 Å². The molecule has 0 fully saturated rings. The van der Waals surface area contributed by atoms with Gasteiger partial charge in [-0.25, -0.2) is 18.2 Å². The van der Waals surface area contributed by atoms with Crippen LogP contribution in [0.1, 0.15) is 25.2 Å². The van der Waals surface area contributed by atoms with Crippen LogP contribution in [0.25, 0.3) is 11.3 Å². The molecule has 0 bridgehead atoms. The molecule has 3 rings (SSSR count). The molecule has 0 saturated heterocycles. The van der Waals surface area contributed by atoms with Crippen LogP contribution in [0.3, 0.4) is 0 Å². The zero-order valence-corrected chi connectivity index (χ0v) is 20.9. The van der Waals surface area contributed by atoms with Gasteiger partial charge in [-0.3, -0.25) is 0 Å². The van der Waals surface area contributed by atoms with Crippen LogP contribution in [-0.4, -0.2) is 64.2 Å². The Kier molecular flexibility index (Phi) is 8.66. The molecule has 0 radical (unpaired) electrons. The summed E-state index contributed by atoms with van der Waals surface area (Å²) in [6.07, 6.45) is -0.634. The number of H-pyrrole nitrogens is 1. The molecule has 4 N–H and O–H groups in total. The highest BCUT2D eigenvalue weighted by Gasteiger charge is 2.31. The quantitative estimate of drug-likeness (QED) is 0.319. The van der Waals surface area contributed by atoms with Gasteiger partial charge < -0.3 is 20.5 Å². The van der Waals surface area contributed by atoms with Gasteiger partial charge in [-0.15, -0.1) is 0 Å². The summed E-state index contributed by atoms with van der Waals surface area (Å²) in [6.45, 7) is 5.53. The van der Waals surface area contributed by atoms with Crippen molar-refractivity contribution in [1.29, 1.82) is 0 Å². The van der Waals surface area contributed by atoms with Gasteiger partial charge in [-0.1, -0.05) is 56.3 Å². The predicted octanol–water partition coefficient (Wildman–Crippen LogP) is 3.27. The first-order valence-corrected chi connectivity index (χ1v) is 12.8. The van der Waals surface area contributed by atoms with Crippen LogP contribution >= 0.6 is 0 Å². The van der Waals surface area contributed by atoms with Gasteiger partial charge in [0.1, 0.15) is 5.82 Å². The lowest BCUT2D eigenvalue weighted by molar-refractivity contribution is 0.0980. The largest absolute Gasteiger partial charge is 0.465 e. The van der Waals surface area contributed by atoms with Gasteiger partial charge in [0.2, 0.25) is 10.0 Å². The smallest absolute Gasteiger partial charge is 0.404 e. The number of imidazole rings is 1. The SMILES string of the molecule is Cc1ncc(-c2ccc(S(=O)(=O)N(CC(C)C)C[C@@H](O)[C@H](Cc3ccccc3)NC(=O)O)cc2)[nH]1. The number of aromatic nitrogens is 2. The number of aliphatic hydroxyl groups excluding tert-OH is 1. The van der Waals surface area contributed by atoms with Crippen LogP contribution in [0.2, 0.25) is 0 Å². The van der Waals surface area contributed by atoms with E-state index in [2.05, 4.69) is 15.3 Å². The molecule has 2 atom stereocenters. The number of hydrogen-bond acceptors (Lipinski definition) is 5. The molecule has 0 aliphatic heterocycles. The second-order valence-electron chi connectivity index (χ2n) is 8.94. The minimum atomic E-state index is -3.95. The molecule has 1 amide bonds. The lowest BCUT2D eigenvalue weighted by Gasteiger charge is -2.30. The summed E-state index contributed by atoms with van der Waals surface area (Å²) in [5.41, 5.74) is 2.41. The number of aliphatic hydroxyl groups is 1. The lowest BCUT2D eigenvalue weighted by Crippen LogP contribution is -2.50. The van der Waals surface area contributed by atoms with Gasteiger partial charge in [-0.05, 0) is 42.5 Å². The molecule has 0 saturated carbocycles. The molecule has 10 heteroatoms. The molecule has 0 spiro atoms. The molecule has 35 heavy (non-hydrogen) atoms. The van der Waals surface area contributed by atoms with Gasteiger partial charge in [0, 0.05) is 13.1 Å². The first-order valence-electron chi connectivity index (χ1n) is 11.4. The Morgan fingerprint density at radius 3 is 2.29 bits per heavy atom. The molecule has 1 heterocycles. The topological polar surface area (TPSA) is 136 Å². The van der Waals surface area contributed by atoms with Crippen molar-refractivity contribution in [2.24, 2.45) is 5.92 Å². The summed E-state index contributed by atoms with van der Waals surface area (Å²) in [4.78, 5) is 18.8. The number of rotatable bonds is 11. The van der Waals surface area contributed by atoms with Gasteiger partial charge in [-0.2, -0.15) is 4.31 Å². The van der Waals surface area contributed by atoms with E-state index in [0.29, 0.717) is 0 Å². The first kappa shape index (κ1) is 26.4. The Bertz CT molecular complexity index is 1210. The van der Waals surface area contributed by atoms with Gasteiger partial charge in [0.05, 0.1) is 28.9 Å². The van der Waals surface area contributed by atoms with E-state index in [1.807, 2.05) is 51.1 Å². The Morgan fingerprint density at radius 1 is 1.09 bits per heavy atom. The molecule has 0 unspecified atom stereocenters. The Morgan fingerprint density at radius 2 is 1.74 bits per heavy atom. The van der Waals surface area contributed by atoms with Crippen LogP contribution in [0, 0.1) is 12.8 Å². The molecule has 9 nitrogen and oxygen atoms in total. The van der Waals surface area contributed by atoms with E-state index in [4.69, 9.17) is 0 Å². The van der Waals surface area contributed by atoms with Crippen LogP contribution in [0.4, 0.5) is 4.79 Å². The van der Waals surface area contributed by atoms with E-state index in [1.54, 1.807) is 18.3 Å². The molecular formula is C25H32N4O5S. The molecular weight excluding hydrogens is 468 g/mol. The summed E-state index contributed by atoms with van der Waals surface area (Å²) in [5.74, 6) is 0.748. The number of sulfonamides is 1. The van der Waals surface area contributed by atoms with Crippen molar-refractivity contribution in [1.82, 2.24) is 19.6 Å². The van der Waals surface area contributed by atoms with Crippen molar-refractivity contribution in [3.63, 3.8) is 0 Å². The van der Waals surface area contributed by atoms with Crippen molar-refractivity contribution in [3.05, 3.63) is 72.2 Å². The summed E-state index contributed by atoms with van der Waals surface area (Å²) in [6, 6.07) is 14.7. The van der Waals surface area contributed by atoms with Crippen molar-refractivity contribution in [2.45, 2.75) is 44.2 Å². The van der Waals surface area contributed by atoms with Crippen LogP contribution in [0.5, 0.6) is 0 Å². The molecule has 0 aliphatic carbocycles. The average molecular weight is 501 g/mol. The maximum absolute atomic E-state index is 13.5. The molecule has 188 valence electrons. The van der Waals surface area contributed by atoms with Crippen molar-refractivity contribution >= 4 is 16.1 Å². The van der Waals surface area contributed by atoms with Crippen molar-refractivity contribution < 1.29 is 23.4 Å². The number of carbonyl (C=O) groups is 1. The maximum atomic E-state index is 13.5. The van der Waals surface area contributed by atoms with Gasteiger partial charge in [0.15, 0.2) is 0 Å². The van der Waals surface area contributed by atoms with Gasteiger partial charge >= 0.3 is 6.09 Å². The molecule has 1 aromatic heterocycles. The van der Waals surface area contributed by atoms with E-state index in [0.717, 1.165) is 22.6 Å². The normalized spacial score (nSPS) is 13.7. The number of aryl methyl sites for hydroxylation is 1. The predicted molar refractivity (Wildman–Crippen MR) is 133 cm³/mol. The molecule has 0 aliphatic rings. The third-order valence-electron chi connectivity index (χ3n) is 5.54. The summed E-state index contributed by atoms with van der Waals surface area (Å²) in [7, 11) is -3.95. The second kappa shape index (κ2) is 11.5. The van der Waals surface area contributed by atoms with E-state index >= 15 is 0 Å². The zero-order valence-electron chi connectivity index (χ0n) is 20.0. The number of carboxylic acid groups (broad SMARTS) is 1. The first-order chi connectivity index (χ1) is 16.6. The fourth-order valence-corrected chi connectivity index (χ4v) is 5.47. The van der Waals surface area contributed by atoms with Crippen LogP contribution in [-0.2, 0) is 16.4 Å². The summed E-state index contributed by atoms with van der Waals surface area (Å²) in [5, 5.41) is 22.6. The Hall–Kier alpha value is -3.21. The fraction of sp³-hybridized carbons (Fsp3) is 0.360. The number of nitrogens with one attached hydrogen (secondary N) is 2. The van der Waals surface area contributed by atoms with Gasteiger partial charge in [0.25, 0.3) is 0 Å². The molecule has 2 aromatic carbocycles. The Labute approximate surface area is 205 Å². The Balaban J connectivity index is 1.83. The highest BCUT2D eigenvalue weighted by atomic mass is 32.2. The number of amides is 1. The number of benzene rings is 2. The minimum absolute atomic E-state index is 0.00998. The number of nitrogens with zero attached hydrogens (tertiary/aromatic N) is 2. The average Bonchev–Trinajstić information content (AvgIpc) is 3.24.